The van der Waals surface area contributed by atoms with Crippen LogP contribution in [-0.2, 0) is 9.53 Å². The average Bonchev–Trinajstić information content (AvgIpc) is 3.00. The molecular weight excluding hydrogens is 534 g/mol. The van der Waals surface area contributed by atoms with Gasteiger partial charge in [-0.1, -0.05) is 13.8 Å². The lowest BCUT2D eigenvalue weighted by Gasteiger charge is -2.39. The summed E-state index contributed by atoms with van der Waals surface area (Å²) in [7, 11) is 3.34. The van der Waals surface area contributed by atoms with E-state index in [0.717, 1.165) is 70.8 Å². The first-order valence-electron chi connectivity index (χ1n) is 15.2. The van der Waals surface area contributed by atoms with Gasteiger partial charge in [0.05, 0.1) is 32.2 Å². The van der Waals surface area contributed by atoms with Crippen molar-refractivity contribution in [2.24, 2.45) is 5.92 Å². The molecule has 1 saturated carbocycles. The summed E-state index contributed by atoms with van der Waals surface area (Å²) in [6, 6.07) is 5.81. The second kappa shape index (κ2) is 13.2. The van der Waals surface area contributed by atoms with Crippen molar-refractivity contribution in [2.75, 3.05) is 62.1 Å². The Morgan fingerprint density at radius 2 is 1.90 bits per heavy atom. The quantitative estimate of drug-likeness (QED) is 0.458. The van der Waals surface area contributed by atoms with E-state index in [1.165, 1.54) is 0 Å². The van der Waals surface area contributed by atoms with Crippen LogP contribution in [0.3, 0.4) is 0 Å². The molecule has 42 heavy (non-hydrogen) atoms. The predicted molar refractivity (Wildman–Crippen MR) is 164 cm³/mol. The lowest BCUT2D eigenvalue weighted by Crippen LogP contribution is -2.51. The standard InChI is InChI=1S/C31H45N7O4/c1-20(2)12-13-38-21(3)30(40)36(4)26-19-32-31(35-28(26)38)34-25-11-6-22(18-27(25)41-5)29(39)33-23-7-9-24(10-8-23)37-14-16-42-17-15-37/h6,11,18-21,23-24H,7-10,12-17H2,1-5H3,(H,33,39)(H,32,34,35)/t21-,23?,24?/m1/s1. The van der Waals surface area contributed by atoms with Crippen molar-refractivity contribution in [3.05, 3.63) is 30.0 Å². The minimum Gasteiger partial charge on any atom is -0.495 e. The van der Waals surface area contributed by atoms with E-state index in [2.05, 4.69) is 39.3 Å². The van der Waals surface area contributed by atoms with E-state index >= 15 is 0 Å². The van der Waals surface area contributed by atoms with Crippen LogP contribution in [0.15, 0.2) is 24.4 Å². The number of amides is 2. The number of morpholine rings is 1. The Hall–Kier alpha value is -3.44. The number of nitrogens with one attached hydrogen (secondary N) is 2. The van der Waals surface area contributed by atoms with Crippen LogP contribution in [0.25, 0.3) is 0 Å². The summed E-state index contributed by atoms with van der Waals surface area (Å²) < 4.78 is 11.1. The molecule has 228 valence electrons. The number of carbonyl (C=O) groups is 2. The number of likely N-dealkylation sites (N-methyl/N-ethyl adjacent to an activating group) is 1. The molecule has 3 aliphatic rings. The molecule has 2 N–H and O–H groups in total. The van der Waals surface area contributed by atoms with Gasteiger partial charge in [0.1, 0.15) is 17.5 Å². The fourth-order valence-corrected chi connectivity index (χ4v) is 6.14. The van der Waals surface area contributed by atoms with E-state index in [4.69, 9.17) is 14.5 Å². The molecule has 2 aliphatic heterocycles. The zero-order valence-electron chi connectivity index (χ0n) is 25.6. The smallest absolute Gasteiger partial charge is 0.251 e. The van der Waals surface area contributed by atoms with Crippen LogP contribution < -0.4 is 25.2 Å². The largest absolute Gasteiger partial charge is 0.495 e. The van der Waals surface area contributed by atoms with Gasteiger partial charge < -0.3 is 29.9 Å². The minimum atomic E-state index is -0.314. The van der Waals surface area contributed by atoms with Gasteiger partial charge in [-0.3, -0.25) is 14.5 Å². The fourth-order valence-electron chi connectivity index (χ4n) is 6.14. The third kappa shape index (κ3) is 6.62. The third-order valence-electron chi connectivity index (χ3n) is 8.79. The normalized spacial score (nSPS) is 23.1. The minimum absolute atomic E-state index is 0.0243. The third-order valence-corrected chi connectivity index (χ3v) is 8.79. The highest BCUT2D eigenvalue weighted by atomic mass is 16.5. The molecule has 0 unspecified atom stereocenters. The first kappa shape index (κ1) is 30.0. The molecule has 0 bridgehead atoms. The number of hydrogen-bond acceptors (Lipinski definition) is 9. The second-order valence-electron chi connectivity index (χ2n) is 12.0. The van der Waals surface area contributed by atoms with Crippen molar-refractivity contribution < 1.29 is 19.1 Å². The first-order chi connectivity index (χ1) is 20.2. The Morgan fingerprint density at radius 1 is 1.17 bits per heavy atom. The number of benzene rings is 1. The lowest BCUT2D eigenvalue weighted by molar-refractivity contribution is -0.119. The number of anilines is 4. The maximum atomic E-state index is 13.2. The van der Waals surface area contributed by atoms with Gasteiger partial charge in [0.25, 0.3) is 5.91 Å². The summed E-state index contributed by atoms with van der Waals surface area (Å²) in [6.07, 6.45) is 6.77. The Labute approximate surface area is 249 Å². The highest BCUT2D eigenvalue weighted by molar-refractivity contribution is 6.04. The van der Waals surface area contributed by atoms with E-state index < -0.39 is 0 Å². The van der Waals surface area contributed by atoms with E-state index in [1.807, 2.05) is 13.0 Å². The highest BCUT2D eigenvalue weighted by Crippen LogP contribution is 2.36. The summed E-state index contributed by atoms with van der Waals surface area (Å²) in [6.45, 7) is 10.6. The maximum absolute atomic E-state index is 13.2. The summed E-state index contributed by atoms with van der Waals surface area (Å²) in [5, 5.41) is 6.49. The van der Waals surface area contributed by atoms with Crippen LogP contribution in [0.5, 0.6) is 5.75 Å². The van der Waals surface area contributed by atoms with Gasteiger partial charge in [-0.15, -0.1) is 0 Å². The number of fused-ring (bicyclic) bond motifs is 1. The Kier molecular flexibility index (Phi) is 9.47. The topological polar surface area (TPSA) is 112 Å². The van der Waals surface area contributed by atoms with Crippen molar-refractivity contribution in [3.8, 4) is 5.75 Å². The summed E-state index contributed by atoms with van der Waals surface area (Å²) in [4.78, 5) is 41.5. The van der Waals surface area contributed by atoms with E-state index in [0.29, 0.717) is 40.6 Å². The predicted octanol–water partition coefficient (Wildman–Crippen LogP) is 3.82. The summed E-state index contributed by atoms with van der Waals surface area (Å²) in [5.41, 5.74) is 1.89. The molecule has 2 amide bonds. The van der Waals surface area contributed by atoms with Gasteiger partial charge in [-0.2, -0.15) is 4.98 Å². The van der Waals surface area contributed by atoms with Gasteiger partial charge in [-0.05, 0) is 63.1 Å². The monoisotopic (exact) mass is 579 g/mol. The molecule has 3 heterocycles. The SMILES string of the molecule is COc1cc(C(=O)NC2CCC(N3CCOCC3)CC2)ccc1Nc1ncc2c(n1)N(CCC(C)C)[C@H](C)C(=O)N2C. The fraction of sp³-hybridized carbons (Fsp3) is 0.613. The van der Waals surface area contributed by atoms with Crippen molar-refractivity contribution >= 4 is 35.0 Å². The molecule has 2 aromatic rings. The number of carbonyl (C=O) groups excluding carboxylic acids is 2. The van der Waals surface area contributed by atoms with E-state index in [1.54, 1.807) is 37.4 Å². The summed E-state index contributed by atoms with van der Waals surface area (Å²) in [5.74, 6) is 2.07. The van der Waals surface area contributed by atoms with Crippen LogP contribution in [0, 0.1) is 5.92 Å². The number of hydrogen-bond donors (Lipinski definition) is 2. The number of rotatable bonds is 9. The molecule has 2 fully saturated rings. The molecule has 1 aromatic heterocycles. The molecule has 0 spiro atoms. The highest BCUT2D eigenvalue weighted by Gasteiger charge is 2.35. The first-order valence-corrected chi connectivity index (χ1v) is 15.2. The average molecular weight is 580 g/mol. The van der Waals surface area contributed by atoms with Crippen molar-refractivity contribution in [1.82, 2.24) is 20.2 Å². The number of ether oxygens (including phenoxy) is 2. The molecule has 11 nitrogen and oxygen atoms in total. The van der Waals surface area contributed by atoms with Crippen LogP contribution in [0.4, 0.5) is 23.1 Å². The van der Waals surface area contributed by atoms with Gasteiger partial charge in [0.2, 0.25) is 11.9 Å². The molecule has 0 radical (unpaired) electrons. The van der Waals surface area contributed by atoms with Crippen LogP contribution in [0.2, 0.25) is 0 Å². The second-order valence-corrected chi connectivity index (χ2v) is 12.0. The number of nitrogens with zero attached hydrogens (tertiary/aromatic N) is 5. The molecule has 5 rings (SSSR count). The number of methoxy groups -OCH3 is 1. The van der Waals surface area contributed by atoms with Crippen LogP contribution in [-0.4, -0.2) is 91.8 Å². The van der Waals surface area contributed by atoms with Gasteiger partial charge in [0, 0.05) is 44.3 Å². The molecule has 1 aliphatic carbocycles. The molecule has 1 saturated heterocycles. The molecular formula is C31H45N7O4. The van der Waals surface area contributed by atoms with E-state index in [-0.39, 0.29) is 23.9 Å². The Morgan fingerprint density at radius 3 is 2.60 bits per heavy atom. The summed E-state index contributed by atoms with van der Waals surface area (Å²) >= 11 is 0. The maximum Gasteiger partial charge on any atom is 0.251 e. The van der Waals surface area contributed by atoms with Crippen molar-refractivity contribution in [1.29, 1.82) is 0 Å². The lowest BCUT2D eigenvalue weighted by atomic mass is 9.89. The molecule has 1 atom stereocenters. The van der Waals surface area contributed by atoms with Gasteiger partial charge in [-0.25, -0.2) is 4.98 Å². The Balaban J connectivity index is 1.25. The molecule has 11 heteroatoms. The van der Waals surface area contributed by atoms with Gasteiger partial charge in [0.15, 0.2) is 5.82 Å². The van der Waals surface area contributed by atoms with E-state index in [9.17, 15) is 9.59 Å². The van der Waals surface area contributed by atoms with Crippen LogP contribution >= 0.6 is 0 Å². The van der Waals surface area contributed by atoms with Crippen molar-refractivity contribution in [2.45, 2.75) is 71.0 Å². The van der Waals surface area contributed by atoms with Crippen LogP contribution in [0.1, 0.15) is 63.2 Å². The van der Waals surface area contributed by atoms with Crippen molar-refractivity contribution in [3.63, 3.8) is 0 Å². The molecule has 1 aromatic carbocycles. The zero-order chi connectivity index (χ0) is 29.8. The van der Waals surface area contributed by atoms with Gasteiger partial charge >= 0.3 is 0 Å². The number of aromatic nitrogens is 2. The zero-order valence-corrected chi connectivity index (χ0v) is 25.6. The Bertz CT molecular complexity index is 1260.